The molecule has 24 heavy (non-hydrogen) atoms. The number of rotatable bonds is 7. The molecule has 128 valence electrons. The number of aryl methyl sites for hydroxylation is 1. The number of carbonyl (C=O) groups excluding carboxylic acids is 1. The third kappa shape index (κ3) is 5.27. The molecule has 0 atom stereocenters. The van der Waals surface area contributed by atoms with Crippen LogP contribution in [-0.2, 0) is 21.2 Å². The number of para-hydroxylation sites is 3. The summed E-state index contributed by atoms with van der Waals surface area (Å²) in [6.07, 6.45) is 1.86. The van der Waals surface area contributed by atoms with Gasteiger partial charge < -0.3 is 10.1 Å². The highest BCUT2D eigenvalue weighted by molar-refractivity contribution is 7.92. The molecule has 0 radical (unpaired) electrons. The minimum atomic E-state index is -3.43. The summed E-state index contributed by atoms with van der Waals surface area (Å²) in [5.74, 6) is 0.293. The highest BCUT2D eigenvalue weighted by Crippen LogP contribution is 2.22. The fourth-order valence-electron chi connectivity index (χ4n) is 2.15. The summed E-state index contributed by atoms with van der Waals surface area (Å²) in [7, 11) is -3.43. The summed E-state index contributed by atoms with van der Waals surface area (Å²) in [6, 6.07) is 14.1. The molecule has 0 heterocycles. The maximum atomic E-state index is 12.1. The lowest BCUT2D eigenvalue weighted by Gasteiger charge is -2.13. The zero-order chi connectivity index (χ0) is 17.6. The summed E-state index contributed by atoms with van der Waals surface area (Å²) in [5.41, 5.74) is 1.70. The van der Waals surface area contributed by atoms with Crippen molar-refractivity contribution in [2.75, 3.05) is 22.9 Å². The summed E-state index contributed by atoms with van der Waals surface area (Å²) in [5, 5.41) is 2.65. The van der Waals surface area contributed by atoms with Gasteiger partial charge in [-0.1, -0.05) is 37.3 Å². The zero-order valence-corrected chi connectivity index (χ0v) is 14.4. The van der Waals surface area contributed by atoms with Gasteiger partial charge in [-0.2, -0.15) is 0 Å². The van der Waals surface area contributed by atoms with Crippen LogP contribution in [0.5, 0.6) is 5.75 Å². The molecule has 0 spiro atoms. The standard InChI is InChI=1S/C17H20N2O4S/c1-3-13-8-4-7-11-16(13)23-12-17(20)18-14-9-5-6-10-15(14)19-24(2,21)22/h4-11,19H,3,12H2,1-2H3,(H,18,20). The van der Waals surface area contributed by atoms with Gasteiger partial charge in [-0.25, -0.2) is 8.42 Å². The Hall–Kier alpha value is -2.54. The summed E-state index contributed by atoms with van der Waals surface area (Å²) < 4.78 is 30.7. The lowest BCUT2D eigenvalue weighted by atomic mass is 10.1. The topological polar surface area (TPSA) is 84.5 Å². The molecule has 0 saturated heterocycles. The van der Waals surface area contributed by atoms with Crippen LogP contribution in [0.2, 0.25) is 0 Å². The van der Waals surface area contributed by atoms with E-state index in [4.69, 9.17) is 4.74 Å². The minimum absolute atomic E-state index is 0.162. The van der Waals surface area contributed by atoms with Gasteiger partial charge in [0.25, 0.3) is 5.91 Å². The van der Waals surface area contributed by atoms with Gasteiger partial charge in [0.2, 0.25) is 10.0 Å². The van der Waals surface area contributed by atoms with Crippen molar-refractivity contribution in [3.8, 4) is 5.75 Å². The molecule has 2 aromatic carbocycles. The van der Waals surface area contributed by atoms with Crippen molar-refractivity contribution in [2.24, 2.45) is 0 Å². The minimum Gasteiger partial charge on any atom is -0.483 e. The molecule has 1 amide bonds. The highest BCUT2D eigenvalue weighted by Gasteiger charge is 2.11. The van der Waals surface area contributed by atoms with Crippen LogP contribution in [0, 0.1) is 0 Å². The fraction of sp³-hybridized carbons (Fsp3) is 0.235. The van der Waals surface area contributed by atoms with E-state index < -0.39 is 10.0 Å². The second-order valence-electron chi connectivity index (χ2n) is 5.22. The number of carbonyl (C=O) groups is 1. The molecule has 2 N–H and O–H groups in total. The van der Waals surface area contributed by atoms with E-state index in [1.54, 1.807) is 24.3 Å². The fourth-order valence-corrected chi connectivity index (χ4v) is 2.72. The number of nitrogens with one attached hydrogen (secondary N) is 2. The Morgan fingerprint density at radius 1 is 1.04 bits per heavy atom. The van der Waals surface area contributed by atoms with Crippen molar-refractivity contribution >= 4 is 27.3 Å². The lowest BCUT2D eigenvalue weighted by Crippen LogP contribution is -2.21. The maximum Gasteiger partial charge on any atom is 0.262 e. The second kappa shape index (κ2) is 7.83. The van der Waals surface area contributed by atoms with Crippen molar-refractivity contribution in [3.63, 3.8) is 0 Å². The van der Waals surface area contributed by atoms with E-state index in [2.05, 4.69) is 10.0 Å². The van der Waals surface area contributed by atoms with E-state index in [-0.39, 0.29) is 12.5 Å². The first kappa shape index (κ1) is 17.8. The largest absolute Gasteiger partial charge is 0.483 e. The van der Waals surface area contributed by atoms with Crippen molar-refractivity contribution in [1.29, 1.82) is 0 Å². The number of anilines is 2. The summed E-state index contributed by atoms with van der Waals surface area (Å²) in [4.78, 5) is 12.1. The Labute approximate surface area is 141 Å². The van der Waals surface area contributed by atoms with Crippen molar-refractivity contribution in [2.45, 2.75) is 13.3 Å². The molecular formula is C17H20N2O4S. The predicted octanol–water partition coefficient (Wildman–Crippen LogP) is 2.64. The molecule has 7 heteroatoms. The van der Waals surface area contributed by atoms with Gasteiger partial charge >= 0.3 is 0 Å². The summed E-state index contributed by atoms with van der Waals surface area (Å²) >= 11 is 0. The van der Waals surface area contributed by atoms with Crippen LogP contribution in [0.25, 0.3) is 0 Å². The molecule has 0 aliphatic carbocycles. The van der Waals surface area contributed by atoms with Crippen LogP contribution < -0.4 is 14.8 Å². The van der Waals surface area contributed by atoms with Gasteiger partial charge in [0.05, 0.1) is 17.6 Å². The monoisotopic (exact) mass is 348 g/mol. The quantitative estimate of drug-likeness (QED) is 0.805. The van der Waals surface area contributed by atoms with Crippen molar-refractivity contribution < 1.29 is 17.9 Å². The molecule has 2 aromatic rings. The molecule has 0 aliphatic rings. The van der Waals surface area contributed by atoms with E-state index in [0.29, 0.717) is 17.1 Å². The number of hydrogen-bond donors (Lipinski definition) is 2. The molecule has 2 rings (SSSR count). The third-order valence-corrected chi connectivity index (χ3v) is 3.80. The number of amides is 1. The van der Waals surface area contributed by atoms with Crippen LogP contribution >= 0.6 is 0 Å². The van der Waals surface area contributed by atoms with E-state index >= 15 is 0 Å². The Balaban J connectivity index is 2.03. The van der Waals surface area contributed by atoms with Crippen LogP contribution in [0.3, 0.4) is 0 Å². The molecule has 0 bridgehead atoms. The molecule has 0 saturated carbocycles. The normalized spacial score (nSPS) is 10.9. The van der Waals surface area contributed by atoms with Crippen molar-refractivity contribution in [3.05, 3.63) is 54.1 Å². The van der Waals surface area contributed by atoms with E-state index in [1.807, 2.05) is 31.2 Å². The van der Waals surface area contributed by atoms with Crippen LogP contribution in [0.4, 0.5) is 11.4 Å². The Kier molecular flexibility index (Phi) is 5.81. The number of ether oxygens (including phenoxy) is 1. The molecule has 0 fully saturated rings. The van der Waals surface area contributed by atoms with Gasteiger partial charge in [0.15, 0.2) is 6.61 Å². The van der Waals surface area contributed by atoms with Gasteiger partial charge in [-0.3, -0.25) is 9.52 Å². The molecular weight excluding hydrogens is 328 g/mol. The lowest BCUT2D eigenvalue weighted by molar-refractivity contribution is -0.118. The van der Waals surface area contributed by atoms with E-state index in [1.165, 1.54) is 0 Å². The second-order valence-corrected chi connectivity index (χ2v) is 6.97. The average molecular weight is 348 g/mol. The first-order valence-electron chi connectivity index (χ1n) is 7.46. The molecule has 0 aromatic heterocycles. The van der Waals surface area contributed by atoms with Gasteiger partial charge in [0, 0.05) is 0 Å². The van der Waals surface area contributed by atoms with Crippen LogP contribution in [0.15, 0.2) is 48.5 Å². The van der Waals surface area contributed by atoms with Crippen molar-refractivity contribution in [1.82, 2.24) is 0 Å². The van der Waals surface area contributed by atoms with Crippen LogP contribution in [0.1, 0.15) is 12.5 Å². The van der Waals surface area contributed by atoms with E-state index in [9.17, 15) is 13.2 Å². The maximum absolute atomic E-state index is 12.1. The molecule has 0 unspecified atom stereocenters. The Bertz CT molecular complexity index is 819. The first-order chi connectivity index (χ1) is 11.4. The number of hydrogen-bond acceptors (Lipinski definition) is 4. The Morgan fingerprint density at radius 3 is 2.33 bits per heavy atom. The summed E-state index contributed by atoms with van der Waals surface area (Å²) in [6.45, 7) is 1.85. The Morgan fingerprint density at radius 2 is 1.67 bits per heavy atom. The predicted molar refractivity (Wildman–Crippen MR) is 94.9 cm³/mol. The zero-order valence-electron chi connectivity index (χ0n) is 13.6. The average Bonchev–Trinajstić information content (AvgIpc) is 2.53. The van der Waals surface area contributed by atoms with E-state index in [0.717, 1.165) is 18.2 Å². The third-order valence-electron chi connectivity index (χ3n) is 3.21. The highest BCUT2D eigenvalue weighted by atomic mass is 32.2. The smallest absolute Gasteiger partial charge is 0.262 e. The molecule has 6 nitrogen and oxygen atoms in total. The number of benzene rings is 2. The van der Waals surface area contributed by atoms with Crippen LogP contribution in [-0.4, -0.2) is 27.2 Å². The van der Waals surface area contributed by atoms with Gasteiger partial charge in [-0.15, -0.1) is 0 Å². The molecule has 0 aliphatic heterocycles. The van der Waals surface area contributed by atoms with Gasteiger partial charge in [0.1, 0.15) is 5.75 Å². The SMILES string of the molecule is CCc1ccccc1OCC(=O)Nc1ccccc1NS(C)(=O)=O. The number of sulfonamides is 1. The first-order valence-corrected chi connectivity index (χ1v) is 9.35. The van der Waals surface area contributed by atoms with Gasteiger partial charge in [-0.05, 0) is 30.2 Å².